The summed E-state index contributed by atoms with van der Waals surface area (Å²) in [6.45, 7) is 5.03. The Morgan fingerprint density at radius 2 is 1.31 bits per heavy atom. The van der Waals surface area contributed by atoms with Crippen molar-refractivity contribution < 1.29 is 80.9 Å². The minimum absolute atomic E-state index is 0.310. The van der Waals surface area contributed by atoms with Crippen molar-refractivity contribution in [1.29, 1.82) is 0 Å². The van der Waals surface area contributed by atoms with Crippen LogP contribution < -0.4 is 4.74 Å². The molecule has 0 aromatic heterocycles. The molecule has 17 nitrogen and oxygen atoms in total. The molecule has 4 fully saturated rings. The molecule has 17 heteroatoms. The standard InChI is InChI=1S/C31H38O17/c1-15(32)38-13-23-31(48-20(6)37)14-40-29(27(43-18(4)35)28(31)44-19(5)36)47-24-22(12-39-23)46-30(45-21-10-8-7-9-11-21)26(42-17(3)34)25(24)41-16(2)33/h7-11,22-30H,12-14H2,1-6H3/t22-,23-,24-,25+,26-,27-,28-,29+,30+,31+/m1/s1. The van der Waals surface area contributed by atoms with E-state index in [2.05, 4.69) is 0 Å². The van der Waals surface area contributed by atoms with E-state index in [0.29, 0.717) is 5.75 Å². The Balaban J connectivity index is 1.87. The molecule has 0 amide bonds. The van der Waals surface area contributed by atoms with Crippen molar-refractivity contribution in [3.63, 3.8) is 0 Å². The van der Waals surface area contributed by atoms with Crippen LogP contribution in [0.5, 0.6) is 5.75 Å². The number of esters is 6. The monoisotopic (exact) mass is 682 g/mol. The Labute approximate surface area is 275 Å². The van der Waals surface area contributed by atoms with Crippen LogP contribution in [0, 0.1) is 0 Å². The Kier molecular flexibility index (Phi) is 12.0. The number of hydrogen-bond acceptors (Lipinski definition) is 17. The maximum atomic E-state index is 12.6. The van der Waals surface area contributed by atoms with Gasteiger partial charge in [0.05, 0.1) is 13.2 Å². The van der Waals surface area contributed by atoms with E-state index in [1.807, 2.05) is 0 Å². The summed E-state index contributed by atoms with van der Waals surface area (Å²) in [6, 6.07) is 8.37. The lowest BCUT2D eigenvalue weighted by Crippen LogP contribution is -2.73. The second kappa shape index (κ2) is 15.7. The van der Waals surface area contributed by atoms with E-state index in [1.165, 1.54) is 0 Å². The summed E-state index contributed by atoms with van der Waals surface area (Å²) in [7, 11) is 0. The number of para-hydroxylation sites is 1. The molecule has 1 aromatic rings. The zero-order valence-electron chi connectivity index (χ0n) is 27.1. The van der Waals surface area contributed by atoms with Gasteiger partial charge in [-0.2, -0.15) is 0 Å². The van der Waals surface area contributed by atoms with Crippen LogP contribution in [-0.2, 0) is 76.1 Å². The molecule has 1 aromatic carbocycles. The number of fused-ring (bicyclic) bond motifs is 4. The number of hydrogen-bond donors (Lipinski definition) is 0. The summed E-state index contributed by atoms with van der Waals surface area (Å²) in [4.78, 5) is 74.2. The maximum Gasteiger partial charge on any atom is 0.303 e. The van der Waals surface area contributed by atoms with Crippen LogP contribution in [-0.4, -0.2) is 117 Å². The third-order valence-corrected chi connectivity index (χ3v) is 7.38. The zero-order valence-corrected chi connectivity index (χ0v) is 27.1. The first-order chi connectivity index (χ1) is 22.7. The molecule has 0 aliphatic carbocycles. The highest BCUT2D eigenvalue weighted by molar-refractivity contribution is 5.69. The summed E-state index contributed by atoms with van der Waals surface area (Å²) in [5.41, 5.74) is -2.07. The Hall–Kier alpha value is -4.32. The fourth-order valence-electron chi connectivity index (χ4n) is 5.72. The summed E-state index contributed by atoms with van der Waals surface area (Å²) in [5.74, 6) is -4.59. The zero-order chi connectivity index (χ0) is 35.2. The van der Waals surface area contributed by atoms with Gasteiger partial charge in [0.1, 0.15) is 30.7 Å². The van der Waals surface area contributed by atoms with Gasteiger partial charge < -0.3 is 52.1 Å². The number of rotatable bonds is 9. The average molecular weight is 683 g/mol. The van der Waals surface area contributed by atoms with Crippen LogP contribution in [0.2, 0.25) is 0 Å². The van der Waals surface area contributed by atoms with Crippen molar-refractivity contribution >= 4 is 35.8 Å². The van der Waals surface area contributed by atoms with Crippen molar-refractivity contribution in [3.05, 3.63) is 30.3 Å². The van der Waals surface area contributed by atoms with Crippen molar-refractivity contribution in [1.82, 2.24) is 0 Å². The van der Waals surface area contributed by atoms with E-state index in [1.54, 1.807) is 30.3 Å². The predicted molar refractivity (Wildman–Crippen MR) is 153 cm³/mol. The van der Waals surface area contributed by atoms with E-state index in [-0.39, 0.29) is 0 Å². The molecular formula is C31H38O17. The number of ether oxygens (including phenoxy) is 11. The summed E-state index contributed by atoms with van der Waals surface area (Å²) in [5, 5.41) is 0. The lowest BCUT2D eigenvalue weighted by atomic mass is 9.83. The van der Waals surface area contributed by atoms with Crippen LogP contribution in [0.4, 0.5) is 0 Å². The lowest BCUT2D eigenvalue weighted by molar-refractivity contribution is -0.374. The predicted octanol–water partition coefficient (Wildman–Crippen LogP) is 0.522. The highest BCUT2D eigenvalue weighted by Gasteiger charge is 2.64. The van der Waals surface area contributed by atoms with E-state index in [9.17, 15) is 28.8 Å². The molecule has 0 saturated carbocycles. The van der Waals surface area contributed by atoms with Crippen molar-refractivity contribution in [2.45, 2.75) is 102 Å². The molecule has 0 radical (unpaired) electrons. The fraction of sp³-hybridized carbons (Fsp3) is 0.613. The van der Waals surface area contributed by atoms with E-state index < -0.39 is 117 Å². The maximum absolute atomic E-state index is 12.6. The molecule has 4 aliphatic heterocycles. The molecule has 5 rings (SSSR count). The lowest BCUT2D eigenvalue weighted by Gasteiger charge is -2.53. The molecule has 2 bridgehead atoms. The molecule has 0 unspecified atom stereocenters. The van der Waals surface area contributed by atoms with Crippen LogP contribution in [0.1, 0.15) is 41.5 Å². The Bertz CT molecular complexity index is 1350. The third-order valence-electron chi connectivity index (χ3n) is 7.38. The van der Waals surface area contributed by atoms with Gasteiger partial charge in [-0.15, -0.1) is 0 Å². The smallest absolute Gasteiger partial charge is 0.303 e. The minimum Gasteiger partial charge on any atom is -0.463 e. The minimum atomic E-state index is -2.07. The summed E-state index contributed by atoms with van der Waals surface area (Å²) >= 11 is 0. The topological polar surface area (TPSA) is 204 Å². The molecule has 4 aliphatic rings. The average Bonchev–Trinajstić information content (AvgIpc) is 2.98. The van der Waals surface area contributed by atoms with Crippen LogP contribution in [0.25, 0.3) is 0 Å². The van der Waals surface area contributed by atoms with Gasteiger partial charge in [-0.05, 0) is 12.1 Å². The third kappa shape index (κ3) is 8.77. The van der Waals surface area contributed by atoms with Gasteiger partial charge in [-0.3, -0.25) is 28.8 Å². The van der Waals surface area contributed by atoms with Crippen LogP contribution in [0.15, 0.2) is 30.3 Å². The second-order valence-electron chi connectivity index (χ2n) is 11.2. The van der Waals surface area contributed by atoms with Gasteiger partial charge in [0.25, 0.3) is 0 Å². The summed E-state index contributed by atoms with van der Waals surface area (Å²) in [6.07, 6.45) is -13.2. The van der Waals surface area contributed by atoms with Gasteiger partial charge in [0, 0.05) is 41.5 Å². The SMILES string of the molecule is CC(=O)OC[C@H]1OC[C@H]2O[C@H](Oc3ccccc3)[C@H](OC(C)=O)[C@@H](OC(C)=O)[C@@H]2O[C@@H]2OC[C@@]1(OC(C)=O)[C@H](OC(C)=O)[C@H]2OC(C)=O. The van der Waals surface area contributed by atoms with E-state index in [4.69, 9.17) is 52.1 Å². The first-order valence-electron chi connectivity index (χ1n) is 15.0. The molecule has 264 valence electrons. The molecule has 4 heterocycles. The van der Waals surface area contributed by atoms with Crippen LogP contribution in [0.3, 0.4) is 0 Å². The second-order valence-corrected chi connectivity index (χ2v) is 11.2. The first kappa shape index (κ1) is 36.5. The van der Waals surface area contributed by atoms with Crippen molar-refractivity contribution in [2.24, 2.45) is 0 Å². The largest absolute Gasteiger partial charge is 0.463 e. The van der Waals surface area contributed by atoms with Crippen LogP contribution >= 0.6 is 0 Å². The molecule has 0 spiro atoms. The first-order valence-corrected chi connectivity index (χ1v) is 15.0. The van der Waals surface area contributed by atoms with E-state index >= 15 is 0 Å². The van der Waals surface area contributed by atoms with Gasteiger partial charge in [0.15, 0.2) is 24.6 Å². The van der Waals surface area contributed by atoms with Gasteiger partial charge in [-0.25, -0.2) is 0 Å². The molecular weight excluding hydrogens is 644 g/mol. The normalized spacial score (nSPS) is 32.8. The van der Waals surface area contributed by atoms with Crippen molar-refractivity contribution in [2.75, 3.05) is 19.8 Å². The quantitative estimate of drug-likeness (QED) is 0.257. The Morgan fingerprint density at radius 1 is 0.708 bits per heavy atom. The number of carbonyl (C=O) groups excluding carboxylic acids is 6. The number of benzene rings is 1. The van der Waals surface area contributed by atoms with E-state index in [0.717, 1.165) is 41.5 Å². The molecule has 4 saturated heterocycles. The molecule has 48 heavy (non-hydrogen) atoms. The number of carbonyl (C=O) groups is 6. The highest BCUT2D eigenvalue weighted by Crippen LogP contribution is 2.41. The van der Waals surface area contributed by atoms with Crippen molar-refractivity contribution in [3.8, 4) is 5.75 Å². The summed E-state index contributed by atoms with van der Waals surface area (Å²) < 4.78 is 64.2. The molecule has 0 N–H and O–H groups in total. The van der Waals surface area contributed by atoms with Gasteiger partial charge >= 0.3 is 35.8 Å². The van der Waals surface area contributed by atoms with Gasteiger partial charge in [-0.1, -0.05) is 18.2 Å². The highest BCUT2D eigenvalue weighted by atomic mass is 16.8. The van der Waals surface area contributed by atoms with Gasteiger partial charge in [0.2, 0.25) is 18.0 Å². The fourth-order valence-corrected chi connectivity index (χ4v) is 5.72. The molecule has 10 atom stereocenters. The Morgan fingerprint density at radius 3 is 1.90 bits per heavy atom.